The summed E-state index contributed by atoms with van der Waals surface area (Å²) in [4.78, 5) is 23.2. The summed E-state index contributed by atoms with van der Waals surface area (Å²) in [5.41, 5.74) is -1.29. The van der Waals surface area contributed by atoms with Gasteiger partial charge >= 0.3 is 5.97 Å². The summed E-state index contributed by atoms with van der Waals surface area (Å²) in [5, 5.41) is 14.4. The molecule has 0 aliphatic rings. The number of fused-ring (bicyclic) bond motifs is 1. The van der Waals surface area contributed by atoms with Crippen molar-refractivity contribution in [1.82, 2.24) is 9.78 Å². The average Bonchev–Trinajstić information content (AvgIpc) is 2.33. The smallest absolute Gasteiger partial charge is 0.310 e. The molecule has 1 aromatic carbocycles. The van der Waals surface area contributed by atoms with Gasteiger partial charge in [0.05, 0.1) is 23.5 Å². The van der Waals surface area contributed by atoms with Gasteiger partial charge in [-0.1, -0.05) is 18.2 Å². The van der Waals surface area contributed by atoms with E-state index in [1.165, 1.54) is 4.68 Å². The van der Waals surface area contributed by atoms with Gasteiger partial charge in [0.2, 0.25) is 0 Å². The lowest BCUT2D eigenvalue weighted by Gasteiger charge is -2.19. The van der Waals surface area contributed by atoms with Crippen molar-refractivity contribution in [2.45, 2.75) is 20.4 Å². The zero-order chi connectivity index (χ0) is 13.3. The molecule has 0 unspecified atom stereocenters. The van der Waals surface area contributed by atoms with Gasteiger partial charge in [-0.05, 0) is 19.9 Å². The molecule has 0 amide bonds. The largest absolute Gasteiger partial charge is 0.481 e. The fourth-order valence-electron chi connectivity index (χ4n) is 1.68. The van der Waals surface area contributed by atoms with Crippen molar-refractivity contribution in [1.29, 1.82) is 0 Å². The molecule has 94 valence electrons. The van der Waals surface area contributed by atoms with Gasteiger partial charge < -0.3 is 5.11 Å². The number of benzene rings is 1. The molecule has 0 spiro atoms. The lowest BCUT2D eigenvalue weighted by Crippen LogP contribution is -2.35. The van der Waals surface area contributed by atoms with Crippen LogP contribution in [0, 0.1) is 5.41 Å². The molecule has 0 fully saturated rings. The van der Waals surface area contributed by atoms with Gasteiger partial charge in [-0.15, -0.1) is 0 Å². The van der Waals surface area contributed by atoms with E-state index in [1.54, 1.807) is 38.2 Å². The molecule has 0 saturated heterocycles. The van der Waals surface area contributed by atoms with Crippen molar-refractivity contribution >= 4 is 16.7 Å². The van der Waals surface area contributed by atoms with Gasteiger partial charge in [0, 0.05) is 5.39 Å². The highest BCUT2D eigenvalue weighted by Gasteiger charge is 2.28. The van der Waals surface area contributed by atoms with Crippen LogP contribution in [0.25, 0.3) is 10.8 Å². The first kappa shape index (κ1) is 12.3. The van der Waals surface area contributed by atoms with E-state index in [0.717, 1.165) is 5.39 Å². The van der Waals surface area contributed by atoms with Gasteiger partial charge in [-0.2, -0.15) is 5.10 Å². The third kappa shape index (κ3) is 2.11. The maximum Gasteiger partial charge on any atom is 0.310 e. The van der Waals surface area contributed by atoms with Gasteiger partial charge in [-0.3, -0.25) is 9.59 Å². The molecular weight excluding hydrogens is 232 g/mol. The second kappa shape index (κ2) is 4.25. The number of nitrogens with zero attached hydrogens (tertiary/aromatic N) is 2. The number of carboxylic acid groups (broad SMARTS) is 1. The monoisotopic (exact) mass is 246 g/mol. The standard InChI is InChI=1S/C13H14N2O3/c1-13(2,12(17)18)8-15-11(16)10-6-4-3-5-9(10)7-14-15/h3-7H,8H2,1-2H3,(H,17,18). The second-order valence-electron chi connectivity index (χ2n) is 4.88. The Labute approximate surface area is 104 Å². The molecule has 5 nitrogen and oxygen atoms in total. The van der Waals surface area contributed by atoms with Crippen molar-refractivity contribution in [3.8, 4) is 0 Å². The summed E-state index contributed by atoms with van der Waals surface area (Å²) >= 11 is 0. The maximum atomic E-state index is 12.1. The van der Waals surface area contributed by atoms with Crippen LogP contribution in [0.15, 0.2) is 35.3 Å². The lowest BCUT2D eigenvalue weighted by molar-refractivity contribution is -0.147. The molecule has 2 aromatic rings. The second-order valence-corrected chi connectivity index (χ2v) is 4.88. The molecule has 1 heterocycles. The molecule has 0 saturated carbocycles. The minimum absolute atomic E-state index is 0.0476. The van der Waals surface area contributed by atoms with Crippen LogP contribution in [0.5, 0.6) is 0 Å². The van der Waals surface area contributed by atoms with Crippen molar-refractivity contribution < 1.29 is 9.90 Å². The van der Waals surface area contributed by atoms with E-state index < -0.39 is 11.4 Å². The maximum absolute atomic E-state index is 12.1. The quantitative estimate of drug-likeness (QED) is 0.890. The van der Waals surface area contributed by atoms with E-state index in [9.17, 15) is 9.59 Å². The van der Waals surface area contributed by atoms with Crippen LogP contribution < -0.4 is 5.56 Å². The van der Waals surface area contributed by atoms with Crippen LogP contribution in [0.3, 0.4) is 0 Å². The molecule has 0 radical (unpaired) electrons. The first-order valence-electron chi connectivity index (χ1n) is 5.60. The highest BCUT2D eigenvalue weighted by atomic mass is 16.4. The zero-order valence-corrected chi connectivity index (χ0v) is 10.3. The number of rotatable bonds is 3. The Hall–Kier alpha value is -2.17. The summed E-state index contributed by atoms with van der Waals surface area (Å²) < 4.78 is 1.20. The first-order valence-corrected chi connectivity index (χ1v) is 5.60. The minimum atomic E-state index is -1.03. The summed E-state index contributed by atoms with van der Waals surface area (Å²) in [5.74, 6) is -0.954. The Balaban J connectivity index is 2.51. The van der Waals surface area contributed by atoms with Crippen LogP contribution in [-0.2, 0) is 11.3 Å². The van der Waals surface area contributed by atoms with Crippen molar-refractivity contribution in [2.24, 2.45) is 5.41 Å². The molecule has 18 heavy (non-hydrogen) atoms. The number of carboxylic acids is 1. The van der Waals surface area contributed by atoms with E-state index in [1.807, 2.05) is 6.07 Å². The Morgan fingerprint density at radius 1 is 1.39 bits per heavy atom. The van der Waals surface area contributed by atoms with Crippen LogP contribution >= 0.6 is 0 Å². The van der Waals surface area contributed by atoms with Gasteiger partial charge in [0.1, 0.15) is 0 Å². The summed E-state index contributed by atoms with van der Waals surface area (Å²) in [6.07, 6.45) is 1.58. The normalized spacial score (nSPS) is 11.7. The van der Waals surface area contributed by atoms with Gasteiger partial charge in [0.25, 0.3) is 5.56 Å². The fourth-order valence-corrected chi connectivity index (χ4v) is 1.68. The predicted octanol–water partition coefficient (Wildman–Crippen LogP) is 1.51. The van der Waals surface area contributed by atoms with Gasteiger partial charge in [0.15, 0.2) is 0 Å². The Bertz CT molecular complexity index is 659. The lowest BCUT2D eigenvalue weighted by atomic mass is 9.94. The fraction of sp³-hybridized carbons (Fsp3) is 0.308. The third-order valence-corrected chi connectivity index (χ3v) is 2.89. The van der Waals surface area contributed by atoms with Crippen LogP contribution in [-0.4, -0.2) is 20.9 Å². The van der Waals surface area contributed by atoms with E-state index in [-0.39, 0.29) is 12.1 Å². The molecule has 1 aromatic heterocycles. The van der Waals surface area contributed by atoms with Crippen molar-refractivity contribution in [3.05, 3.63) is 40.8 Å². The Morgan fingerprint density at radius 2 is 2.06 bits per heavy atom. The zero-order valence-electron chi connectivity index (χ0n) is 10.3. The topological polar surface area (TPSA) is 72.2 Å². The number of carbonyl (C=O) groups is 1. The van der Waals surface area contributed by atoms with Crippen LogP contribution in [0.1, 0.15) is 13.8 Å². The van der Waals surface area contributed by atoms with Gasteiger partial charge in [-0.25, -0.2) is 4.68 Å². The van der Waals surface area contributed by atoms with Crippen molar-refractivity contribution in [3.63, 3.8) is 0 Å². The number of aromatic nitrogens is 2. The molecular formula is C13H14N2O3. The molecule has 5 heteroatoms. The molecule has 2 rings (SSSR count). The highest BCUT2D eigenvalue weighted by molar-refractivity contribution is 5.80. The predicted molar refractivity (Wildman–Crippen MR) is 67.4 cm³/mol. The molecule has 0 bridgehead atoms. The highest BCUT2D eigenvalue weighted by Crippen LogP contribution is 2.17. The van der Waals surface area contributed by atoms with E-state index in [4.69, 9.17) is 5.11 Å². The number of hydrogen-bond donors (Lipinski definition) is 1. The number of hydrogen-bond acceptors (Lipinski definition) is 3. The summed E-state index contributed by atoms with van der Waals surface area (Å²) in [6.45, 7) is 3.18. The first-order chi connectivity index (χ1) is 8.42. The summed E-state index contributed by atoms with van der Waals surface area (Å²) in [7, 11) is 0. The molecule has 1 N–H and O–H groups in total. The molecule has 0 atom stereocenters. The summed E-state index contributed by atoms with van der Waals surface area (Å²) in [6, 6.07) is 7.12. The third-order valence-electron chi connectivity index (χ3n) is 2.89. The van der Waals surface area contributed by atoms with E-state index in [0.29, 0.717) is 5.39 Å². The molecule has 0 aliphatic carbocycles. The molecule has 0 aliphatic heterocycles. The minimum Gasteiger partial charge on any atom is -0.481 e. The average molecular weight is 246 g/mol. The SMILES string of the molecule is CC(C)(Cn1ncc2ccccc2c1=O)C(=O)O. The Morgan fingerprint density at radius 3 is 2.72 bits per heavy atom. The van der Waals surface area contributed by atoms with Crippen LogP contribution in [0.4, 0.5) is 0 Å². The van der Waals surface area contributed by atoms with E-state index in [2.05, 4.69) is 5.10 Å². The van der Waals surface area contributed by atoms with Crippen molar-refractivity contribution in [2.75, 3.05) is 0 Å². The van der Waals surface area contributed by atoms with Crippen LogP contribution in [0.2, 0.25) is 0 Å². The Kier molecular flexibility index (Phi) is 2.90. The van der Waals surface area contributed by atoms with E-state index >= 15 is 0 Å². The number of aliphatic carboxylic acids is 1.